The summed E-state index contributed by atoms with van der Waals surface area (Å²) in [6.07, 6.45) is 0. The van der Waals surface area contributed by atoms with Crippen LogP contribution in [0.3, 0.4) is 0 Å². The van der Waals surface area contributed by atoms with E-state index in [-0.39, 0.29) is 6.54 Å². The van der Waals surface area contributed by atoms with Crippen LogP contribution in [-0.4, -0.2) is 48.6 Å². The summed E-state index contributed by atoms with van der Waals surface area (Å²) in [6.45, 7) is -0.0271. The van der Waals surface area contributed by atoms with Crippen LogP contribution in [0.1, 0.15) is 22.5 Å². The lowest BCUT2D eigenvalue weighted by Gasteiger charge is -2.28. The van der Waals surface area contributed by atoms with E-state index in [1.807, 2.05) is 0 Å². The average Bonchev–Trinajstić information content (AvgIpc) is 3.18. The van der Waals surface area contributed by atoms with E-state index in [1.54, 1.807) is 18.2 Å². The molecular formula is C16H13FN2O7S2. The summed E-state index contributed by atoms with van der Waals surface area (Å²) in [5.74, 6) is -1.10. The number of esters is 1. The van der Waals surface area contributed by atoms with E-state index >= 15 is 0 Å². The highest BCUT2D eigenvalue weighted by atomic mass is 32.3. The molecule has 2 bridgehead atoms. The van der Waals surface area contributed by atoms with Gasteiger partial charge in [0.05, 0.1) is 13.7 Å². The van der Waals surface area contributed by atoms with Crippen molar-refractivity contribution >= 4 is 33.7 Å². The molecule has 0 aliphatic carbocycles. The third-order valence-electron chi connectivity index (χ3n) is 4.52. The SMILES string of the molecule is COC(=O)C1c2sc(-c3ccc(F)cc3)cc2C2CN1C(=O)N2OS(=O)(=O)O. The van der Waals surface area contributed by atoms with Gasteiger partial charge in [0.1, 0.15) is 11.9 Å². The second-order valence-corrected chi connectivity index (χ2v) is 8.23. The van der Waals surface area contributed by atoms with Crippen molar-refractivity contribution in [2.45, 2.75) is 12.1 Å². The first kappa shape index (κ1) is 18.8. The van der Waals surface area contributed by atoms with Gasteiger partial charge < -0.3 is 9.64 Å². The standard InChI is InChI=1S/C16H13FN2O7S2/c1-25-15(20)13-14-10(6-12(27-14)8-2-4-9(17)5-3-8)11-7-18(13)16(21)19(11)26-28(22,23)24/h2-6,11,13H,7H2,1H3,(H,22,23,24). The third-order valence-corrected chi connectivity index (χ3v) is 6.13. The van der Waals surface area contributed by atoms with Gasteiger partial charge in [0.15, 0.2) is 6.04 Å². The van der Waals surface area contributed by atoms with E-state index in [2.05, 4.69) is 4.28 Å². The van der Waals surface area contributed by atoms with Crippen molar-refractivity contribution in [3.63, 3.8) is 0 Å². The Hall–Kier alpha value is -2.54. The Morgan fingerprint density at radius 2 is 2.00 bits per heavy atom. The van der Waals surface area contributed by atoms with E-state index < -0.39 is 40.3 Å². The fourth-order valence-electron chi connectivity index (χ4n) is 3.36. The summed E-state index contributed by atoms with van der Waals surface area (Å²) in [4.78, 5) is 27.2. The Morgan fingerprint density at radius 3 is 2.61 bits per heavy atom. The number of fused-ring (bicyclic) bond motifs is 4. The van der Waals surface area contributed by atoms with Gasteiger partial charge >= 0.3 is 22.4 Å². The van der Waals surface area contributed by atoms with Crippen LogP contribution in [0.15, 0.2) is 30.3 Å². The lowest BCUT2D eigenvalue weighted by Crippen LogP contribution is -2.38. The number of benzene rings is 1. The first-order chi connectivity index (χ1) is 13.2. The minimum atomic E-state index is -4.95. The fraction of sp³-hybridized carbons (Fsp3) is 0.250. The smallest absolute Gasteiger partial charge is 0.418 e. The zero-order valence-corrected chi connectivity index (χ0v) is 15.9. The number of hydroxylamine groups is 2. The van der Waals surface area contributed by atoms with Gasteiger partial charge in [0.25, 0.3) is 0 Å². The molecule has 1 N–H and O–H groups in total. The second-order valence-electron chi connectivity index (χ2n) is 6.14. The number of thiophene rings is 1. The van der Waals surface area contributed by atoms with Crippen molar-refractivity contribution in [1.29, 1.82) is 0 Å². The lowest BCUT2D eigenvalue weighted by atomic mass is 9.98. The number of hydrogen-bond donors (Lipinski definition) is 1. The molecule has 2 aliphatic rings. The fourth-order valence-corrected chi connectivity index (χ4v) is 5.06. The van der Waals surface area contributed by atoms with Gasteiger partial charge in [-0.2, -0.15) is 13.5 Å². The Kier molecular flexibility index (Phi) is 4.38. The number of methoxy groups -OCH3 is 1. The molecule has 1 fully saturated rings. The first-order valence-corrected chi connectivity index (χ1v) is 10.1. The minimum Gasteiger partial charge on any atom is -0.467 e. The molecule has 2 aliphatic heterocycles. The quantitative estimate of drug-likeness (QED) is 0.587. The molecule has 0 saturated carbocycles. The van der Waals surface area contributed by atoms with Crippen LogP contribution < -0.4 is 0 Å². The zero-order valence-electron chi connectivity index (χ0n) is 14.2. The number of rotatable bonds is 4. The van der Waals surface area contributed by atoms with Crippen LogP contribution in [0, 0.1) is 5.82 Å². The normalized spacial score (nSPS) is 21.0. The van der Waals surface area contributed by atoms with Crippen molar-refractivity contribution in [2.75, 3.05) is 13.7 Å². The molecule has 1 aromatic carbocycles. The molecule has 12 heteroatoms. The molecule has 148 valence electrons. The largest absolute Gasteiger partial charge is 0.467 e. The number of carbonyl (C=O) groups excluding carboxylic acids is 2. The monoisotopic (exact) mass is 428 g/mol. The van der Waals surface area contributed by atoms with Crippen molar-refractivity contribution in [2.24, 2.45) is 0 Å². The molecule has 4 rings (SSSR count). The Balaban J connectivity index is 1.83. The summed E-state index contributed by atoms with van der Waals surface area (Å²) in [5, 5.41) is 0.526. The molecule has 9 nitrogen and oxygen atoms in total. The van der Waals surface area contributed by atoms with Crippen LogP contribution in [0.5, 0.6) is 0 Å². The van der Waals surface area contributed by atoms with Crippen LogP contribution in [-0.2, 0) is 24.2 Å². The molecule has 2 amide bonds. The molecule has 3 heterocycles. The first-order valence-electron chi connectivity index (χ1n) is 7.94. The molecule has 2 aromatic rings. The van der Waals surface area contributed by atoms with E-state index in [0.717, 1.165) is 4.90 Å². The number of halogens is 1. The van der Waals surface area contributed by atoms with Crippen molar-refractivity contribution < 1.29 is 36.0 Å². The minimum absolute atomic E-state index is 0.0271. The third kappa shape index (κ3) is 3.03. The van der Waals surface area contributed by atoms with Crippen LogP contribution in [0.4, 0.5) is 9.18 Å². The van der Waals surface area contributed by atoms with Crippen LogP contribution in [0.25, 0.3) is 10.4 Å². The van der Waals surface area contributed by atoms with Gasteiger partial charge in [-0.3, -0.25) is 4.55 Å². The number of carbonyl (C=O) groups is 2. The number of urea groups is 1. The van der Waals surface area contributed by atoms with Crippen LogP contribution in [0.2, 0.25) is 0 Å². The Bertz CT molecular complexity index is 1070. The molecule has 1 saturated heterocycles. The summed E-state index contributed by atoms with van der Waals surface area (Å²) in [7, 11) is -3.77. The number of amides is 2. The lowest BCUT2D eigenvalue weighted by molar-refractivity contribution is -0.146. The maximum absolute atomic E-state index is 13.2. The van der Waals surface area contributed by atoms with Gasteiger partial charge in [-0.25, -0.2) is 14.0 Å². The summed E-state index contributed by atoms with van der Waals surface area (Å²) < 4.78 is 53.8. The summed E-state index contributed by atoms with van der Waals surface area (Å²) in [5.41, 5.74) is 1.18. The summed E-state index contributed by atoms with van der Waals surface area (Å²) >= 11 is 1.20. The highest BCUT2D eigenvalue weighted by Gasteiger charge is 2.53. The molecule has 2 unspecified atom stereocenters. The van der Waals surface area contributed by atoms with Crippen molar-refractivity contribution in [3.8, 4) is 10.4 Å². The van der Waals surface area contributed by atoms with E-state index in [4.69, 9.17) is 9.29 Å². The zero-order chi connectivity index (χ0) is 20.2. The van der Waals surface area contributed by atoms with E-state index in [9.17, 15) is 22.4 Å². The molecule has 0 spiro atoms. The maximum atomic E-state index is 13.2. The van der Waals surface area contributed by atoms with Gasteiger partial charge in [0.2, 0.25) is 0 Å². The maximum Gasteiger partial charge on any atom is 0.418 e. The van der Waals surface area contributed by atoms with Gasteiger partial charge in [0, 0.05) is 9.75 Å². The molecule has 28 heavy (non-hydrogen) atoms. The second kappa shape index (κ2) is 6.51. The van der Waals surface area contributed by atoms with Gasteiger partial charge in [-0.05, 0) is 29.3 Å². The number of ether oxygens (including phenoxy) is 1. The Morgan fingerprint density at radius 1 is 1.32 bits per heavy atom. The molecule has 2 atom stereocenters. The van der Waals surface area contributed by atoms with Crippen LogP contribution >= 0.6 is 11.3 Å². The molecule has 1 aromatic heterocycles. The molecule has 0 radical (unpaired) electrons. The highest BCUT2D eigenvalue weighted by molar-refractivity contribution is 7.80. The topological polar surface area (TPSA) is 113 Å². The van der Waals surface area contributed by atoms with E-state index in [0.29, 0.717) is 25.9 Å². The average molecular weight is 428 g/mol. The van der Waals surface area contributed by atoms with Gasteiger partial charge in [-0.1, -0.05) is 12.1 Å². The highest BCUT2D eigenvalue weighted by Crippen LogP contribution is 2.49. The molecular weight excluding hydrogens is 415 g/mol. The summed E-state index contributed by atoms with van der Waals surface area (Å²) in [6, 6.07) is 4.58. The van der Waals surface area contributed by atoms with Gasteiger partial charge in [-0.15, -0.1) is 15.6 Å². The Labute approximate surface area is 162 Å². The van der Waals surface area contributed by atoms with Crippen molar-refractivity contribution in [1.82, 2.24) is 9.96 Å². The van der Waals surface area contributed by atoms with E-state index in [1.165, 1.54) is 30.6 Å². The number of nitrogens with zero attached hydrogens (tertiary/aromatic N) is 2. The predicted molar refractivity (Wildman–Crippen MR) is 93.8 cm³/mol. The number of hydrogen-bond acceptors (Lipinski definition) is 7. The predicted octanol–water partition coefficient (Wildman–Crippen LogP) is 2.29. The van der Waals surface area contributed by atoms with Crippen molar-refractivity contribution in [3.05, 3.63) is 46.6 Å².